The highest BCUT2D eigenvalue weighted by Gasteiger charge is 2.31. The zero-order valence-electron chi connectivity index (χ0n) is 15.4. The SMILES string of the molecule is C[Si](C)(C)Oc1ccc([C@H](C2CCOCC2)N2CCNCC2)cc1. The number of hydrogen-bond donors (Lipinski definition) is 1. The maximum absolute atomic E-state index is 6.12. The van der Waals surface area contributed by atoms with Crippen molar-refractivity contribution in [3.05, 3.63) is 29.8 Å². The second-order valence-corrected chi connectivity index (χ2v) is 12.4. The molecule has 0 amide bonds. The van der Waals surface area contributed by atoms with Gasteiger partial charge in [-0.1, -0.05) is 12.1 Å². The predicted octanol–water partition coefficient (Wildman–Crippen LogP) is 3.27. The smallest absolute Gasteiger partial charge is 0.242 e. The minimum Gasteiger partial charge on any atom is -0.544 e. The van der Waals surface area contributed by atoms with Crippen molar-refractivity contribution in [3.8, 4) is 5.75 Å². The second-order valence-electron chi connectivity index (χ2n) is 7.96. The molecule has 0 unspecified atom stereocenters. The molecule has 0 spiro atoms. The van der Waals surface area contributed by atoms with Gasteiger partial charge in [0.05, 0.1) is 0 Å². The van der Waals surface area contributed by atoms with Gasteiger partial charge in [-0.15, -0.1) is 0 Å². The van der Waals surface area contributed by atoms with Gasteiger partial charge in [0, 0.05) is 45.4 Å². The number of rotatable bonds is 5. The van der Waals surface area contributed by atoms with Gasteiger partial charge in [0.15, 0.2) is 0 Å². The first-order chi connectivity index (χ1) is 11.5. The van der Waals surface area contributed by atoms with E-state index in [1.54, 1.807) is 0 Å². The van der Waals surface area contributed by atoms with Crippen LogP contribution in [0, 0.1) is 5.92 Å². The van der Waals surface area contributed by atoms with Crippen LogP contribution in [0.25, 0.3) is 0 Å². The highest BCUT2D eigenvalue weighted by molar-refractivity contribution is 6.70. The summed E-state index contributed by atoms with van der Waals surface area (Å²) in [7, 11) is -1.54. The Morgan fingerprint density at radius 1 is 1.08 bits per heavy atom. The Bertz CT molecular complexity index is 485. The van der Waals surface area contributed by atoms with Crippen LogP contribution in [-0.2, 0) is 4.74 Å². The standard InChI is InChI=1S/C19H32N2O2Si/c1-24(2,3)23-18-6-4-16(5-7-18)19(17-8-14-22-15-9-17)21-12-10-20-11-13-21/h4-7,17,19-20H,8-15H2,1-3H3/t19-/m1/s1. The molecule has 1 atom stereocenters. The molecule has 0 aromatic heterocycles. The highest BCUT2D eigenvalue weighted by Crippen LogP contribution is 2.36. The summed E-state index contributed by atoms with van der Waals surface area (Å²) >= 11 is 0. The number of nitrogens with one attached hydrogen (secondary N) is 1. The summed E-state index contributed by atoms with van der Waals surface area (Å²) in [6.45, 7) is 13.0. The Kier molecular flexibility index (Phi) is 5.97. The summed E-state index contributed by atoms with van der Waals surface area (Å²) in [6, 6.07) is 9.43. The number of nitrogens with zero attached hydrogens (tertiary/aromatic N) is 1. The third-order valence-electron chi connectivity index (χ3n) is 4.90. The molecular weight excluding hydrogens is 316 g/mol. The fraction of sp³-hybridized carbons (Fsp3) is 0.684. The Morgan fingerprint density at radius 3 is 2.29 bits per heavy atom. The molecule has 2 saturated heterocycles. The summed E-state index contributed by atoms with van der Waals surface area (Å²) in [5.41, 5.74) is 1.44. The quantitative estimate of drug-likeness (QED) is 0.828. The minimum absolute atomic E-state index is 0.511. The lowest BCUT2D eigenvalue weighted by atomic mass is 9.85. The number of hydrogen-bond acceptors (Lipinski definition) is 4. The summed E-state index contributed by atoms with van der Waals surface area (Å²) in [5.74, 6) is 1.71. The summed E-state index contributed by atoms with van der Waals surface area (Å²) in [5, 5.41) is 3.48. The molecule has 3 rings (SSSR count). The molecule has 0 saturated carbocycles. The Labute approximate surface area is 147 Å². The van der Waals surface area contributed by atoms with Gasteiger partial charge in [0.1, 0.15) is 5.75 Å². The molecule has 0 radical (unpaired) electrons. The molecule has 1 aromatic rings. The van der Waals surface area contributed by atoms with Gasteiger partial charge in [-0.3, -0.25) is 4.90 Å². The monoisotopic (exact) mass is 348 g/mol. The molecule has 5 heteroatoms. The predicted molar refractivity (Wildman–Crippen MR) is 101 cm³/mol. The maximum atomic E-state index is 6.12. The van der Waals surface area contributed by atoms with Gasteiger partial charge in [0.25, 0.3) is 0 Å². The van der Waals surface area contributed by atoms with Gasteiger partial charge in [0.2, 0.25) is 8.32 Å². The molecule has 2 heterocycles. The minimum atomic E-state index is -1.54. The van der Waals surface area contributed by atoms with Crippen LogP contribution in [0.5, 0.6) is 5.75 Å². The zero-order valence-corrected chi connectivity index (χ0v) is 16.4. The molecule has 2 fully saturated rings. The first kappa shape index (κ1) is 17.9. The lowest BCUT2D eigenvalue weighted by Crippen LogP contribution is -2.47. The Balaban J connectivity index is 1.78. The molecule has 0 bridgehead atoms. The normalized spacial score (nSPS) is 22.3. The van der Waals surface area contributed by atoms with E-state index < -0.39 is 8.32 Å². The van der Waals surface area contributed by atoms with Crippen LogP contribution in [0.3, 0.4) is 0 Å². The fourth-order valence-electron chi connectivity index (χ4n) is 3.86. The molecule has 134 valence electrons. The van der Waals surface area contributed by atoms with E-state index in [4.69, 9.17) is 9.16 Å². The van der Waals surface area contributed by atoms with Crippen LogP contribution in [0.1, 0.15) is 24.4 Å². The van der Waals surface area contributed by atoms with Crippen molar-refractivity contribution in [1.29, 1.82) is 0 Å². The van der Waals surface area contributed by atoms with Gasteiger partial charge < -0.3 is 14.5 Å². The molecule has 4 nitrogen and oxygen atoms in total. The molecule has 24 heavy (non-hydrogen) atoms. The van der Waals surface area contributed by atoms with Crippen molar-refractivity contribution >= 4 is 8.32 Å². The lowest BCUT2D eigenvalue weighted by molar-refractivity contribution is 0.0213. The summed E-state index contributed by atoms with van der Waals surface area (Å²) in [4.78, 5) is 2.67. The molecule has 0 aliphatic carbocycles. The molecular formula is C19H32N2O2Si. The average molecular weight is 349 g/mol. The van der Waals surface area contributed by atoms with Crippen LogP contribution in [0.2, 0.25) is 19.6 Å². The van der Waals surface area contributed by atoms with E-state index >= 15 is 0 Å². The summed E-state index contributed by atoms with van der Waals surface area (Å²) in [6.07, 6.45) is 2.34. The maximum Gasteiger partial charge on any atom is 0.242 e. The van der Waals surface area contributed by atoms with E-state index in [9.17, 15) is 0 Å². The second kappa shape index (κ2) is 8.00. The molecule has 1 N–H and O–H groups in total. The van der Waals surface area contributed by atoms with Crippen LogP contribution in [0.4, 0.5) is 0 Å². The number of benzene rings is 1. The molecule has 2 aliphatic heterocycles. The largest absolute Gasteiger partial charge is 0.544 e. The average Bonchev–Trinajstić information content (AvgIpc) is 2.57. The van der Waals surface area contributed by atoms with Crippen LogP contribution < -0.4 is 9.74 Å². The lowest BCUT2D eigenvalue weighted by Gasteiger charge is -2.41. The molecule has 2 aliphatic rings. The van der Waals surface area contributed by atoms with Crippen molar-refractivity contribution in [2.24, 2.45) is 5.92 Å². The van der Waals surface area contributed by atoms with Gasteiger partial charge >= 0.3 is 0 Å². The Morgan fingerprint density at radius 2 is 1.71 bits per heavy atom. The van der Waals surface area contributed by atoms with Gasteiger partial charge in [-0.05, 0) is 56.1 Å². The van der Waals surface area contributed by atoms with E-state index in [-0.39, 0.29) is 0 Å². The number of piperazine rings is 1. The third-order valence-corrected chi connectivity index (χ3v) is 5.75. The van der Waals surface area contributed by atoms with E-state index in [1.807, 2.05) is 0 Å². The van der Waals surface area contributed by atoms with Crippen molar-refractivity contribution in [1.82, 2.24) is 10.2 Å². The summed E-state index contributed by atoms with van der Waals surface area (Å²) < 4.78 is 11.7. The van der Waals surface area contributed by atoms with Gasteiger partial charge in [-0.2, -0.15) is 0 Å². The van der Waals surface area contributed by atoms with Crippen LogP contribution in [0.15, 0.2) is 24.3 Å². The molecule has 1 aromatic carbocycles. The van der Waals surface area contributed by atoms with Gasteiger partial charge in [-0.25, -0.2) is 0 Å². The Hall–Kier alpha value is -0.883. The van der Waals surface area contributed by atoms with E-state index in [2.05, 4.69) is 54.1 Å². The van der Waals surface area contributed by atoms with Crippen LogP contribution >= 0.6 is 0 Å². The van der Waals surface area contributed by atoms with Crippen molar-refractivity contribution in [2.75, 3.05) is 39.4 Å². The topological polar surface area (TPSA) is 33.7 Å². The zero-order chi connectivity index (χ0) is 17.0. The van der Waals surface area contributed by atoms with Crippen molar-refractivity contribution in [2.45, 2.75) is 38.5 Å². The van der Waals surface area contributed by atoms with E-state index in [0.29, 0.717) is 12.0 Å². The number of ether oxygens (including phenoxy) is 1. The first-order valence-electron chi connectivity index (χ1n) is 9.34. The van der Waals surface area contributed by atoms with E-state index in [0.717, 1.165) is 45.1 Å². The highest BCUT2D eigenvalue weighted by atomic mass is 28.4. The first-order valence-corrected chi connectivity index (χ1v) is 12.8. The third kappa shape index (κ3) is 4.82. The van der Waals surface area contributed by atoms with Crippen molar-refractivity contribution < 1.29 is 9.16 Å². The van der Waals surface area contributed by atoms with Crippen LogP contribution in [-0.4, -0.2) is 52.6 Å². The fourth-order valence-corrected chi connectivity index (χ4v) is 4.70. The van der Waals surface area contributed by atoms with Crippen molar-refractivity contribution in [3.63, 3.8) is 0 Å². The van der Waals surface area contributed by atoms with E-state index in [1.165, 1.54) is 18.4 Å².